The Hall–Kier alpha value is -3.78. The van der Waals surface area contributed by atoms with Gasteiger partial charge in [-0.2, -0.15) is 0 Å². The number of sulfonamides is 1. The zero-order valence-electron chi connectivity index (χ0n) is 20.5. The van der Waals surface area contributed by atoms with E-state index in [0.717, 1.165) is 29.8 Å². The number of hydrogen-bond acceptors (Lipinski definition) is 7. The molecule has 0 bridgehead atoms. The van der Waals surface area contributed by atoms with Crippen molar-refractivity contribution in [1.82, 2.24) is 9.62 Å². The largest absolute Gasteiger partial charge is 0.449 e. The van der Waals surface area contributed by atoms with E-state index in [4.69, 9.17) is 6.42 Å². The first-order valence-electron chi connectivity index (χ1n) is 12.1. The number of piperazine rings is 1. The highest BCUT2D eigenvalue weighted by atomic mass is 32.2. The number of nitrogens with zero attached hydrogens (tertiary/aromatic N) is 3. The molecule has 0 unspecified atom stereocenters. The van der Waals surface area contributed by atoms with Gasteiger partial charge in [0.15, 0.2) is 6.04 Å². The maximum absolute atomic E-state index is 13.7. The van der Waals surface area contributed by atoms with Crippen LogP contribution in [0, 0.1) is 18.2 Å². The first kappa shape index (κ1) is 26.3. The predicted molar refractivity (Wildman–Crippen MR) is 137 cm³/mol. The minimum absolute atomic E-state index is 0.0577. The topological polar surface area (TPSA) is 99.3 Å². The number of halogens is 1. The Bertz CT molecular complexity index is 1300. The molecule has 0 aliphatic carbocycles. The van der Waals surface area contributed by atoms with Gasteiger partial charge in [-0.3, -0.25) is 4.79 Å². The molecule has 4 rings (SSSR count). The van der Waals surface area contributed by atoms with Crippen LogP contribution in [0.4, 0.5) is 20.6 Å². The molecule has 196 valence electrons. The van der Waals surface area contributed by atoms with Crippen LogP contribution in [-0.4, -0.2) is 70.7 Å². The van der Waals surface area contributed by atoms with Crippen molar-refractivity contribution in [3.05, 3.63) is 53.8 Å². The molecule has 2 aromatic rings. The summed E-state index contributed by atoms with van der Waals surface area (Å²) in [6, 6.07) is 9.95. The number of carbonyl (C=O) groups excluding carboxylic acids is 2. The molecule has 1 saturated heterocycles. The number of anilines is 2. The number of amides is 2. The molecular formula is C26H29FN4O5S. The summed E-state index contributed by atoms with van der Waals surface area (Å²) in [5.74, 6) is 2.17. The summed E-state index contributed by atoms with van der Waals surface area (Å²) in [7, 11) is -4.04. The molecule has 37 heavy (non-hydrogen) atoms. The predicted octanol–water partition coefficient (Wildman–Crippen LogP) is 2.36. The summed E-state index contributed by atoms with van der Waals surface area (Å²) in [6.07, 6.45) is 6.31. The average molecular weight is 529 g/mol. The fraction of sp³-hybridized carbons (Fsp3) is 0.385. The standard InChI is InChI=1S/C26H29FN4O5S/c1-3-23(31-13-5-6-19-18-20(27)7-12-24(19)31)25(32)30-16-14-29(15-17-30)21-8-10-22(11-9-21)37(34,35)28-26(33)36-4-2/h1,7-12,18,23H,4-6,13-17H2,2H3,(H,28,33)/t23-/m1/s1. The normalized spacial score (nSPS) is 16.4. The Morgan fingerprint density at radius 3 is 2.46 bits per heavy atom. The van der Waals surface area contributed by atoms with Crippen molar-refractivity contribution in [2.24, 2.45) is 0 Å². The number of carbonyl (C=O) groups is 2. The van der Waals surface area contributed by atoms with E-state index in [1.165, 1.54) is 24.3 Å². The number of rotatable bonds is 6. The van der Waals surface area contributed by atoms with Crippen molar-refractivity contribution in [2.45, 2.75) is 30.7 Å². The van der Waals surface area contributed by atoms with Crippen LogP contribution in [0.5, 0.6) is 0 Å². The smallest absolute Gasteiger partial charge is 0.421 e. The number of terminal acetylenes is 1. The van der Waals surface area contributed by atoms with Crippen LogP contribution >= 0.6 is 0 Å². The summed E-state index contributed by atoms with van der Waals surface area (Å²) in [6.45, 7) is 4.24. The van der Waals surface area contributed by atoms with Gasteiger partial charge in [-0.15, -0.1) is 6.42 Å². The van der Waals surface area contributed by atoms with Gasteiger partial charge in [-0.1, -0.05) is 5.92 Å². The summed E-state index contributed by atoms with van der Waals surface area (Å²) in [5, 5.41) is 0. The van der Waals surface area contributed by atoms with E-state index in [0.29, 0.717) is 32.7 Å². The van der Waals surface area contributed by atoms with Gasteiger partial charge in [0.25, 0.3) is 15.9 Å². The van der Waals surface area contributed by atoms with Gasteiger partial charge >= 0.3 is 6.09 Å². The number of ether oxygens (including phenoxy) is 1. The number of nitrogens with one attached hydrogen (secondary N) is 1. The number of aryl methyl sites for hydroxylation is 1. The molecule has 11 heteroatoms. The molecule has 2 aromatic carbocycles. The highest BCUT2D eigenvalue weighted by molar-refractivity contribution is 7.90. The van der Waals surface area contributed by atoms with Gasteiger partial charge in [0.1, 0.15) is 5.82 Å². The second-order valence-corrected chi connectivity index (χ2v) is 10.5. The van der Waals surface area contributed by atoms with E-state index in [9.17, 15) is 22.4 Å². The molecular weight excluding hydrogens is 499 g/mol. The SMILES string of the molecule is C#C[C@H](C(=O)N1CCN(c2ccc(S(=O)(=O)NC(=O)OCC)cc2)CC1)N1CCCc2cc(F)ccc21. The van der Waals surface area contributed by atoms with E-state index in [2.05, 4.69) is 10.7 Å². The monoisotopic (exact) mass is 528 g/mol. The maximum Gasteiger partial charge on any atom is 0.421 e. The lowest BCUT2D eigenvalue weighted by Gasteiger charge is -2.40. The van der Waals surface area contributed by atoms with Gasteiger partial charge in [-0.05, 0) is 67.8 Å². The lowest BCUT2D eigenvalue weighted by atomic mass is 9.99. The van der Waals surface area contributed by atoms with Gasteiger partial charge in [0.05, 0.1) is 11.5 Å². The van der Waals surface area contributed by atoms with Crippen LogP contribution in [-0.2, 0) is 26.0 Å². The molecule has 2 heterocycles. The zero-order chi connectivity index (χ0) is 26.6. The third-order valence-corrected chi connectivity index (χ3v) is 7.82. The summed E-state index contributed by atoms with van der Waals surface area (Å²) in [5.41, 5.74) is 2.45. The molecule has 2 aliphatic heterocycles. The van der Waals surface area contributed by atoms with Crippen LogP contribution in [0.3, 0.4) is 0 Å². The van der Waals surface area contributed by atoms with Gasteiger partial charge < -0.3 is 19.4 Å². The first-order valence-corrected chi connectivity index (χ1v) is 13.6. The molecule has 0 saturated carbocycles. The highest BCUT2D eigenvalue weighted by Gasteiger charge is 2.33. The van der Waals surface area contributed by atoms with E-state index >= 15 is 0 Å². The Balaban J connectivity index is 1.39. The molecule has 2 aliphatic rings. The fourth-order valence-electron chi connectivity index (χ4n) is 4.68. The van der Waals surface area contributed by atoms with Crippen LogP contribution in [0.2, 0.25) is 0 Å². The minimum atomic E-state index is -4.04. The van der Waals surface area contributed by atoms with E-state index in [1.54, 1.807) is 30.0 Å². The zero-order valence-corrected chi connectivity index (χ0v) is 21.3. The molecule has 9 nitrogen and oxygen atoms in total. The molecule has 0 spiro atoms. The van der Waals surface area contributed by atoms with Crippen molar-refractivity contribution in [1.29, 1.82) is 0 Å². The van der Waals surface area contributed by atoms with Gasteiger partial charge in [0, 0.05) is 44.1 Å². The van der Waals surface area contributed by atoms with E-state index in [1.807, 2.05) is 14.5 Å². The van der Waals surface area contributed by atoms with Crippen molar-refractivity contribution < 1.29 is 27.1 Å². The summed E-state index contributed by atoms with van der Waals surface area (Å²) in [4.78, 5) is 30.5. The lowest BCUT2D eigenvalue weighted by Crippen LogP contribution is -2.55. The van der Waals surface area contributed by atoms with Crippen molar-refractivity contribution in [3.8, 4) is 12.3 Å². The molecule has 1 fully saturated rings. The van der Waals surface area contributed by atoms with Crippen molar-refractivity contribution in [2.75, 3.05) is 49.1 Å². The Morgan fingerprint density at radius 1 is 1.11 bits per heavy atom. The van der Waals surface area contributed by atoms with Gasteiger partial charge in [-0.25, -0.2) is 22.3 Å². The molecule has 0 radical (unpaired) electrons. The van der Waals surface area contributed by atoms with Gasteiger partial charge in [0.2, 0.25) is 0 Å². The lowest BCUT2D eigenvalue weighted by molar-refractivity contribution is -0.131. The quantitative estimate of drug-likeness (QED) is 0.575. The third-order valence-electron chi connectivity index (χ3n) is 6.50. The van der Waals surface area contributed by atoms with E-state index in [-0.39, 0.29) is 23.2 Å². The Labute approximate surface area is 216 Å². The molecule has 1 N–H and O–H groups in total. The van der Waals surface area contributed by atoms with Crippen molar-refractivity contribution >= 4 is 33.4 Å². The summed E-state index contributed by atoms with van der Waals surface area (Å²) >= 11 is 0. The summed E-state index contributed by atoms with van der Waals surface area (Å²) < 4.78 is 44.9. The minimum Gasteiger partial charge on any atom is -0.449 e. The highest BCUT2D eigenvalue weighted by Crippen LogP contribution is 2.30. The second-order valence-electron chi connectivity index (χ2n) is 8.77. The third kappa shape index (κ3) is 5.80. The Kier molecular flexibility index (Phi) is 7.88. The number of hydrogen-bond donors (Lipinski definition) is 1. The molecule has 1 atom stereocenters. The van der Waals surface area contributed by atoms with E-state index < -0.39 is 22.2 Å². The van der Waals surface area contributed by atoms with Crippen LogP contribution in [0.25, 0.3) is 0 Å². The van der Waals surface area contributed by atoms with Crippen molar-refractivity contribution in [3.63, 3.8) is 0 Å². The number of benzene rings is 2. The first-order chi connectivity index (χ1) is 17.7. The fourth-order valence-corrected chi connectivity index (χ4v) is 5.57. The van der Waals surface area contributed by atoms with Crippen LogP contribution in [0.1, 0.15) is 18.9 Å². The number of fused-ring (bicyclic) bond motifs is 1. The Morgan fingerprint density at radius 2 is 1.81 bits per heavy atom. The second kappa shape index (κ2) is 11.1. The average Bonchev–Trinajstić information content (AvgIpc) is 2.89. The van der Waals surface area contributed by atoms with Crippen LogP contribution in [0.15, 0.2) is 47.4 Å². The molecule has 0 aromatic heterocycles. The maximum atomic E-state index is 13.7. The molecule has 2 amide bonds. The van der Waals surface area contributed by atoms with Crippen LogP contribution < -0.4 is 14.5 Å².